The van der Waals surface area contributed by atoms with E-state index in [1.54, 1.807) is 29.2 Å². The number of alkyl halides is 3. The number of aryl methyl sites for hydroxylation is 1. The number of carbonyl (C=O) groups excluding carboxylic acids is 1. The van der Waals surface area contributed by atoms with Crippen molar-refractivity contribution in [3.05, 3.63) is 77.0 Å². The van der Waals surface area contributed by atoms with E-state index in [0.717, 1.165) is 17.8 Å². The molecule has 0 fully saturated rings. The molecule has 1 aromatic carbocycles. The van der Waals surface area contributed by atoms with Crippen molar-refractivity contribution in [2.24, 2.45) is 0 Å². The molecule has 150 valence electrons. The second-order valence-electron chi connectivity index (χ2n) is 5.45. The molecule has 0 aliphatic carbocycles. The molecule has 4 nitrogen and oxygen atoms in total. The number of hydrogen-bond acceptors (Lipinski definition) is 3. The van der Waals surface area contributed by atoms with Gasteiger partial charge in [-0.1, -0.05) is 13.8 Å². The minimum atomic E-state index is -4.58. The Bertz CT molecular complexity index is 891. The van der Waals surface area contributed by atoms with Crippen molar-refractivity contribution in [3.8, 4) is 5.82 Å². The molecule has 0 aliphatic heterocycles. The molecule has 0 spiro atoms. The maximum Gasteiger partial charge on any atom is 0.416 e. The predicted octanol–water partition coefficient (Wildman–Crippen LogP) is 5.17. The van der Waals surface area contributed by atoms with Gasteiger partial charge in [0.1, 0.15) is 12.6 Å². The first-order valence-electron chi connectivity index (χ1n) is 8.44. The zero-order valence-electron chi connectivity index (χ0n) is 15.8. The first-order chi connectivity index (χ1) is 13.3. The van der Waals surface area contributed by atoms with Crippen LogP contribution in [0.2, 0.25) is 0 Å². The fraction of sp³-hybridized carbons (Fsp3) is 0.250. The Balaban J connectivity index is 0.000000921. The maximum atomic E-state index is 13.5. The Labute approximate surface area is 160 Å². The minimum absolute atomic E-state index is 0.163. The van der Waals surface area contributed by atoms with Crippen LogP contribution in [-0.2, 0) is 17.4 Å². The van der Waals surface area contributed by atoms with Crippen LogP contribution in [0.5, 0.6) is 0 Å². The number of rotatable bonds is 3. The number of halogens is 4. The van der Waals surface area contributed by atoms with Crippen LogP contribution >= 0.6 is 0 Å². The third-order valence-corrected chi connectivity index (χ3v) is 3.46. The van der Waals surface area contributed by atoms with Crippen molar-refractivity contribution in [1.82, 2.24) is 14.8 Å². The molecule has 0 bridgehead atoms. The third kappa shape index (κ3) is 6.29. The molecular formula is C20H21F4N3O. The summed E-state index contributed by atoms with van der Waals surface area (Å²) >= 11 is 0. The smallest absolute Gasteiger partial charge is 0.307 e. The first-order valence-corrected chi connectivity index (χ1v) is 8.44. The van der Waals surface area contributed by atoms with E-state index in [0.29, 0.717) is 17.4 Å². The van der Waals surface area contributed by atoms with E-state index in [9.17, 15) is 17.6 Å². The molecule has 3 aromatic rings. The number of hydrogen-bond donors (Lipinski definition) is 0. The fourth-order valence-corrected chi connectivity index (χ4v) is 2.39. The highest BCUT2D eigenvalue weighted by Crippen LogP contribution is 2.31. The molecular weight excluding hydrogens is 374 g/mol. The second kappa shape index (κ2) is 10.3. The topological polar surface area (TPSA) is 47.8 Å². The van der Waals surface area contributed by atoms with E-state index in [-0.39, 0.29) is 12.0 Å². The van der Waals surface area contributed by atoms with Gasteiger partial charge in [-0.05, 0) is 60.9 Å². The molecule has 0 saturated heterocycles. The number of pyridine rings is 1. The highest BCUT2D eigenvalue weighted by atomic mass is 19.4. The Morgan fingerprint density at radius 2 is 1.71 bits per heavy atom. The van der Waals surface area contributed by atoms with Gasteiger partial charge in [-0.15, -0.1) is 0 Å². The van der Waals surface area contributed by atoms with Gasteiger partial charge in [-0.3, -0.25) is 0 Å². The molecule has 0 unspecified atom stereocenters. The number of carbonyl (C=O) groups is 1. The van der Waals surface area contributed by atoms with E-state index in [1.807, 2.05) is 33.6 Å². The van der Waals surface area contributed by atoms with Gasteiger partial charge in [-0.25, -0.2) is 14.1 Å². The highest BCUT2D eigenvalue weighted by Gasteiger charge is 2.31. The van der Waals surface area contributed by atoms with Gasteiger partial charge in [0.05, 0.1) is 11.3 Å². The lowest BCUT2D eigenvalue weighted by molar-refractivity contribution is -0.137. The van der Waals surface area contributed by atoms with Gasteiger partial charge in [0.15, 0.2) is 5.82 Å². The third-order valence-electron chi connectivity index (χ3n) is 3.46. The van der Waals surface area contributed by atoms with Crippen molar-refractivity contribution in [1.29, 1.82) is 0 Å². The number of aromatic nitrogens is 3. The van der Waals surface area contributed by atoms with Gasteiger partial charge >= 0.3 is 6.18 Å². The minimum Gasteiger partial charge on any atom is -0.307 e. The zero-order chi connectivity index (χ0) is 21.3. The lowest BCUT2D eigenvalue weighted by Gasteiger charge is -2.10. The summed E-state index contributed by atoms with van der Waals surface area (Å²) in [6.45, 7) is 7.84. The van der Waals surface area contributed by atoms with Gasteiger partial charge in [0.2, 0.25) is 0 Å². The highest BCUT2D eigenvalue weighted by molar-refractivity contribution is 5.34. The normalized spacial score (nSPS) is 10.4. The van der Waals surface area contributed by atoms with Crippen molar-refractivity contribution in [2.45, 2.75) is 33.4 Å². The standard InChI is InChI=1S/C17H13F4N3.C2H6.CH2O/c1-11-3-5-24(23-11)16-9-12(2-4-22-16)6-13-7-14(17(19,20)21)10-15(18)8-13;2*1-2/h2-5,7-10H,6H2,1H3;1-2H3;1H2. The molecule has 8 heteroatoms. The van der Waals surface area contributed by atoms with Crippen LogP contribution in [0.1, 0.15) is 36.2 Å². The van der Waals surface area contributed by atoms with Crippen molar-refractivity contribution < 1.29 is 22.4 Å². The van der Waals surface area contributed by atoms with Crippen LogP contribution in [0, 0.1) is 12.7 Å². The van der Waals surface area contributed by atoms with E-state index in [4.69, 9.17) is 4.79 Å². The molecule has 0 radical (unpaired) electrons. The SMILES string of the molecule is C=O.CC.Cc1ccn(-c2cc(Cc3cc(F)cc(C(F)(F)F)c3)ccn2)n1. The molecule has 28 heavy (non-hydrogen) atoms. The summed E-state index contributed by atoms with van der Waals surface area (Å²) in [5.74, 6) is -0.357. The summed E-state index contributed by atoms with van der Waals surface area (Å²) in [6, 6.07) is 7.77. The second-order valence-corrected chi connectivity index (χ2v) is 5.45. The molecule has 0 N–H and O–H groups in total. The van der Waals surface area contributed by atoms with E-state index < -0.39 is 17.6 Å². The van der Waals surface area contributed by atoms with Crippen molar-refractivity contribution in [3.63, 3.8) is 0 Å². The van der Waals surface area contributed by atoms with Crippen LogP contribution in [-0.4, -0.2) is 21.6 Å². The van der Waals surface area contributed by atoms with Crippen molar-refractivity contribution >= 4 is 6.79 Å². The number of nitrogens with zero attached hydrogens (tertiary/aromatic N) is 3. The summed E-state index contributed by atoms with van der Waals surface area (Å²) in [7, 11) is 0. The van der Waals surface area contributed by atoms with Crippen LogP contribution in [0.15, 0.2) is 48.8 Å². The predicted molar refractivity (Wildman–Crippen MR) is 98.8 cm³/mol. The fourth-order valence-electron chi connectivity index (χ4n) is 2.39. The monoisotopic (exact) mass is 395 g/mol. The molecule has 2 heterocycles. The molecule has 0 aliphatic rings. The van der Waals surface area contributed by atoms with Gasteiger partial charge in [0.25, 0.3) is 0 Å². The average molecular weight is 395 g/mol. The Morgan fingerprint density at radius 1 is 1.04 bits per heavy atom. The average Bonchev–Trinajstić information content (AvgIpc) is 3.11. The maximum absolute atomic E-state index is 13.5. The number of benzene rings is 1. The van der Waals surface area contributed by atoms with Crippen molar-refractivity contribution in [2.75, 3.05) is 0 Å². The van der Waals surface area contributed by atoms with E-state index >= 15 is 0 Å². The molecule has 0 amide bonds. The van der Waals surface area contributed by atoms with Crippen LogP contribution < -0.4 is 0 Å². The Hall–Kier alpha value is -3.03. The summed E-state index contributed by atoms with van der Waals surface area (Å²) < 4.78 is 53.4. The first kappa shape index (κ1) is 23.0. The molecule has 0 saturated carbocycles. The summed E-state index contributed by atoms with van der Waals surface area (Å²) in [5, 5.41) is 4.24. The van der Waals surface area contributed by atoms with Gasteiger partial charge < -0.3 is 4.79 Å². The van der Waals surface area contributed by atoms with Crippen LogP contribution in [0.4, 0.5) is 17.6 Å². The largest absolute Gasteiger partial charge is 0.416 e. The summed E-state index contributed by atoms with van der Waals surface area (Å²) in [4.78, 5) is 12.2. The molecule has 3 rings (SSSR count). The van der Waals surface area contributed by atoms with Crippen LogP contribution in [0.3, 0.4) is 0 Å². The Morgan fingerprint density at radius 3 is 2.29 bits per heavy atom. The van der Waals surface area contributed by atoms with E-state index in [1.165, 1.54) is 0 Å². The molecule has 2 aromatic heterocycles. The lowest BCUT2D eigenvalue weighted by atomic mass is 10.0. The quantitative estimate of drug-likeness (QED) is 0.575. The van der Waals surface area contributed by atoms with Gasteiger partial charge in [-0.2, -0.15) is 18.3 Å². The lowest BCUT2D eigenvalue weighted by Crippen LogP contribution is -2.07. The zero-order valence-corrected chi connectivity index (χ0v) is 15.8. The van der Waals surface area contributed by atoms with Gasteiger partial charge in [0, 0.05) is 12.4 Å². The Kier molecular flexibility index (Phi) is 8.50. The molecule has 0 atom stereocenters. The summed E-state index contributed by atoms with van der Waals surface area (Å²) in [6.07, 6.45) is -1.12. The summed E-state index contributed by atoms with van der Waals surface area (Å²) in [5.41, 5.74) is 0.791. The van der Waals surface area contributed by atoms with E-state index in [2.05, 4.69) is 10.1 Å². The van der Waals surface area contributed by atoms with Crippen LogP contribution in [0.25, 0.3) is 5.82 Å².